The summed E-state index contributed by atoms with van der Waals surface area (Å²) >= 11 is 0. The first-order chi connectivity index (χ1) is 6.27. The number of hydrogen-bond donors (Lipinski definition) is 0. The minimum Gasteiger partial charge on any atom is -0.393 e. The highest BCUT2D eigenvalue weighted by molar-refractivity contribution is 5.97. The van der Waals surface area contributed by atoms with Gasteiger partial charge in [0.2, 0.25) is 0 Å². The van der Waals surface area contributed by atoms with Gasteiger partial charge >= 0.3 is 11.9 Å². The van der Waals surface area contributed by atoms with Crippen molar-refractivity contribution in [2.75, 3.05) is 0 Å². The van der Waals surface area contributed by atoms with Gasteiger partial charge < -0.3 is 4.74 Å². The Morgan fingerprint density at radius 1 is 1.23 bits per heavy atom. The Balaban J connectivity index is 2.05. The third-order valence-corrected chi connectivity index (χ3v) is 3.50. The lowest BCUT2D eigenvalue weighted by molar-refractivity contribution is -0.155. The number of carbonyl (C=O) groups is 2. The molecule has 3 rings (SSSR count). The molecular weight excluding hydrogens is 168 g/mol. The number of cyclic esters (lactones) is 2. The summed E-state index contributed by atoms with van der Waals surface area (Å²) in [6.07, 6.45) is 6.09. The van der Waals surface area contributed by atoms with Crippen molar-refractivity contribution in [3.63, 3.8) is 0 Å². The number of allylic oxidation sites excluding steroid dienone is 2. The van der Waals surface area contributed by atoms with Crippen molar-refractivity contribution in [3.05, 3.63) is 12.2 Å². The average molecular weight is 178 g/mol. The van der Waals surface area contributed by atoms with Crippen LogP contribution >= 0.6 is 0 Å². The van der Waals surface area contributed by atoms with E-state index in [0.717, 1.165) is 12.8 Å². The van der Waals surface area contributed by atoms with Gasteiger partial charge in [0.25, 0.3) is 0 Å². The van der Waals surface area contributed by atoms with Gasteiger partial charge in [-0.1, -0.05) is 12.2 Å². The summed E-state index contributed by atoms with van der Waals surface area (Å²) < 4.78 is 4.65. The molecule has 13 heavy (non-hydrogen) atoms. The molecule has 1 saturated heterocycles. The molecule has 1 saturated carbocycles. The molecule has 0 N–H and O–H groups in total. The first-order valence-corrected chi connectivity index (χ1v) is 4.69. The van der Waals surface area contributed by atoms with E-state index < -0.39 is 0 Å². The van der Waals surface area contributed by atoms with Crippen LogP contribution < -0.4 is 0 Å². The molecule has 0 aromatic rings. The highest BCUT2D eigenvalue weighted by Crippen LogP contribution is 2.50. The van der Waals surface area contributed by atoms with Gasteiger partial charge in [0.1, 0.15) is 0 Å². The summed E-state index contributed by atoms with van der Waals surface area (Å²) in [6, 6.07) is 0. The molecule has 1 aliphatic heterocycles. The molecule has 4 unspecified atom stereocenters. The van der Waals surface area contributed by atoms with Crippen molar-refractivity contribution < 1.29 is 14.3 Å². The van der Waals surface area contributed by atoms with Crippen molar-refractivity contribution in [1.82, 2.24) is 0 Å². The molecule has 3 nitrogen and oxygen atoms in total. The number of carbonyl (C=O) groups excluding carboxylic acids is 2. The van der Waals surface area contributed by atoms with Crippen LogP contribution in [0.3, 0.4) is 0 Å². The summed E-state index contributed by atoms with van der Waals surface area (Å²) in [5.74, 6) is -0.245. The van der Waals surface area contributed by atoms with Crippen LogP contribution in [0.4, 0.5) is 0 Å². The molecule has 3 heteroatoms. The largest absolute Gasteiger partial charge is 0.393 e. The standard InChI is InChI=1S/C10H10O3/c11-9-7-5-2-1-3-6(4-5)8(7)10(12)13-9/h1-2,5-8H,3-4H2. The van der Waals surface area contributed by atoms with Gasteiger partial charge in [-0.05, 0) is 24.7 Å². The normalized spacial score (nSPS) is 46.5. The van der Waals surface area contributed by atoms with Crippen LogP contribution in [0, 0.1) is 23.7 Å². The molecule has 0 amide bonds. The Bertz CT molecular complexity index is 318. The van der Waals surface area contributed by atoms with Crippen molar-refractivity contribution in [2.24, 2.45) is 23.7 Å². The van der Waals surface area contributed by atoms with E-state index in [2.05, 4.69) is 16.9 Å². The summed E-state index contributed by atoms with van der Waals surface area (Å²) in [7, 11) is 0. The van der Waals surface area contributed by atoms with Gasteiger partial charge in [0.15, 0.2) is 0 Å². The van der Waals surface area contributed by atoms with Crippen LogP contribution in [-0.2, 0) is 14.3 Å². The minimum atomic E-state index is -0.297. The fourth-order valence-electron chi connectivity index (χ4n) is 2.97. The minimum absolute atomic E-state index is 0.132. The molecule has 2 fully saturated rings. The molecule has 0 spiro atoms. The Morgan fingerprint density at radius 2 is 2.00 bits per heavy atom. The Labute approximate surface area is 75.8 Å². The second-order valence-corrected chi connectivity index (χ2v) is 4.12. The van der Waals surface area contributed by atoms with E-state index in [4.69, 9.17) is 0 Å². The van der Waals surface area contributed by atoms with Gasteiger partial charge in [-0.15, -0.1) is 0 Å². The first kappa shape index (κ1) is 7.30. The van der Waals surface area contributed by atoms with E-state index in [9.17, 15) is 9.59 Å². The highest BCUT2D eigenvalue weighted by Gasteiger charge is 2.56. The maximum absolute atomic E-state index is 11.3. The molecule has 0 aromatic heterocycles. The number of rotatable bonds is 0. The maximum Gasteiger partial charge on any atom is 0.318 e. The molecule has 4 atom stereocenters. The van der Waals surface area contributed by atoms with Gasteiger partial charge in [-0.2, -0.15) is 0 Å². The zero-order chi connectivity index (χ0) is 9.00. The quantitative estimate of drug-likeness (QED) is 0.314. The molecule has 2 aliphatic carbocycles. The first-order valence-electron chi connectivity index (χ1n) is 4.69. The number of esters is 2. The molecule has 1 heterocycles. The second-order valence-electron chi connectivity index (χ2n) is 4.12. The Hall–Kier alpha value is -1.12. The molecule has 0 aromatic carbocycles. The summed E-state index contributed by atoms with van der Waals surface area (Å²) in [4.78, 5) is 22.7. The lowest BCUT2D eigenvalue weighted by Crippen LogP contribution is -2.18. The van der Waals surface area contributed by atoms with Crippen molar-refractivity contribution >= 4 is 11.9 Å². The number of ether oxygens (including phenoxy) is 1. The van der Waals surface area contributed by atoms with E-state index in [-0.39, 0.29) is 29.7 Å². The van der Waals surface area contributed by atoms with E-state index in [1.165, 1.54) is 0 Å². The van der Waals surface area contributed by atoms with Crippen LogP contribution in [-0.4, -0.2) is 11.9 Å². The molecule has 0 radical (unpaired) electrons. The monoisotopic (exact) mass is 178 g/mol. The van der Waals surface area contributed by atoms with Crippen LogP contribution in [0.2, 0.25) is 0 Å². The van der Waals surface area contributed by atoms with Gasteiger partial charge in [0.05, 0.1) is 11.8 Å². The molecule has 3 aliphatic rings. The predicted octanol–water partition coefficient (Wildman–Crippen LogP) is 0.898. The zero-order valence-corrected chi connectivity index (χ0v) is 7.10. The van der Waals surface area contributed by atoms with Gasteiger partial charge in [0, 0.05) is 0 Å². The summed E-state index contributed by atoms with van der Waals surface area (Å²) in [5, 5.41) is 0. The zero-order valence-electron chi connectivity index (χ0n) is 7.10. The fraction of sp³-hybridized carbons (Fsp3) is 0.600. The van der Waals surface area contributed by atoms with E-state index in [1.54, 1.807) is 0 Å². The van der Waals surface area contributed by atoms with Crippen molar-refractivity contribution in [3.8, 4) is 0 Å². The topological polar surface area (TPSA) is 43.4 Å². The van der Waals surface area contributed by atoms with Crippen LogP contribution in [0.1, 0.15) is 12.8 Å². The molecule has 68 valence electrons. The molecule has 2 bridgehead atoms. The van der Waals surface area contributed by atoms with Crippen LogP contribution in [0.15, 0.2) is 12.2 Å². The summed E-state index contributed by atoms with van der Waals surface area (Å²) in [6.45, 7) is 0. The molecular formula is C10H10O3. The average Bonchev–Trinajstić information content (AvgIpc) is 2.53. The third-order valence-electron chi connectivity index (χ3n) is 3.50. The van der Waals surface area contributed by atoms with E-state index in [0.29, 0.717) is 5.92 Å². The van der Waals surface area contributed by atoms with E-state index in [1.807, 2.05) is 0 Å². The van der Waals surface area contributed by atoms with E-state index >= 15 is 0 Å². The van der Waals surface area contributed by atoms with Crippen molar-refractivity contribution in [1.29, 1.82) is 0 Å². The predicted molar refractivity (Wildman–Crippen MR) is 43.4 cm³/mol. The van der Waals surface area contributed by atoms with Crippen LogP contribution in [0.5, 0.6) is 0 Å². The maximum atomic E-state index is 11.3. The SMILES string of the molecule is O=C1OC(=O)C2C3CC=CC(C3)C12. The highest BCUT2D eigenvalue weighted by atomic mass is 16.6. The lowest BCUT2D eigenvalue weighted by Gasteiger charge is -2.14. The number of hydrogen-bond acceptors (Lipinski definition) is 3. The lowest BCUT2D eigenvalue weighted by atomic mass is 9.90. The van der Waals surface area contributed by atoms with Gasteiger partial charge in [-0.3, -0.25) is 9.59 Å². The van der Waals surface area contributed by atoms with Crippen LogP contribution in [0.25, 0.3) is 0 Å². The van der Waals surface area contributed by atoms with Gasteiger partial charge in [-0.25, -0.2) is 0 Å². The Kier molecular flexibility index (Phi) is 1.25. The van der Waals surface area contributed by atoms with Crippen molar-refractivity contribution in [2.45, 2.75) is 12.8 Å². The smallest absolute Gasteiger partial charge is 0.318 e. The number of fused-ring (bicyclic) bond motifs is 5. The fourth-order valence-corrected chi connectivity index (χ4v) is 2.97. The Morgan fingerprint density at radius 3 is 2.85 bits per heavy atom. The second kappa shape index (κ2) is 2.22. The summed E-state index contributed by atoms with van der Waals surface area (Å²) in [5.41, 5.74) is 0. The third kappa shape index (κ3) is 0.794.